The highest BCUT2D eigenvalue weighted by Crippen LogP contribution is 2.39. The van der Waals surface area contributed by atoms with Gasteiger partial charge in [0.2, 0.25) is 0 Å². The summed E-state index contributed by atoms with van der Waals surface area (Å²) in [4.78, 5) is 20.2. The van der Waals surface area contributed by atoms with Gasteiger partial charge in [0.05, 0.1) is 18.4 Å². The fourth-order valence-corrected chi connectivity index (χ4v) is 5.16. The van der Waals surface area contributed by atoms with Crippen LogP contribution in [0.5, 0.6) is 5.75 Å². The molecule has 1 aromatic carbocycles. The quantitative estimate of drug-likeness (QED) is 0.894. The van der Waals surface area contributed by atoms with Gasteiger partial charge in [-0.05, 0) is 56.9 Å². The van der Waals surface area contributed by atoms with Crippen LogP contribution in [0, 0.1) is 18.8 Å². The molecule has 1 aromatic heterocycles. The van der Waals surface area contributed by atoms with Gasteiger partial charge in [0.25, 0.3) is 5.91 Å². The zero-order valence-electron chi connectivity index (χ0n) is 15.1. The zero-order valence-corrected chi connectivity index (χ0v) is 16.0. The average Bonchev–Trinajstić information content (AvgIpc) is 3.32. The first kappa shape index (κ1) is 17.5. The number of nitrogens with zero attached hydrogens (tertiary/aromatic N) is 2. The predicted octanol–water partition coefficient (Wildman–Crippen LogP) is 3.36. The highest BCUT2D eigenvalue weighted by molar-refractivity contribution is 7.17. The van der Waals surface area contributed by atoms with Gasteiger partial charge < -0.3 is 14.7 Å². The molecule has 6 heteroatoms. The van der Waals surface area contributed by atoms with E-state index in [0.717, 1.165) is 41.4 Å². The van der Waals surface area contributed by atoms with E-state index in [-0.39, 0.29) is 17.9 Å². The van der Waals surface area contributed by atoms with Gasteiger partial charge in [-0.15, -0.1) is 11.3 Å². The molecular weight excluding hydrogens is 348 g/mol. The molecule has 2 fully saturated rings. The van der Waals surface area contributed by atoms with E-state index in [0.29, 0.717) is 23.9 Å². The van der Waals surface area contributed by atoms with E-state index in [4.69, 9.17) is 4.74 Å². The molecule has 2 aliphatic rings. The molecule has 0 spiro atoms. The number of thiazole rings is 1. The Morgan fingerprint density at radius 2 is 2.08 bits per heavy atom. The minimum atomic E-state index is -0.250. The number of aryl methyl sites for hydroxylation is 1. The number of aliphatic hydroxyl groups is 1. The molecule has 2 heterocycles. The van der Waals surface area contributed by atoms with Crippen molar-refractivity contribution < 1.29 is 14.6 Å². The van der Waals surface area contributed by atoms with Crippen LogP contribution < -0.4 is 4.74 Å². The number of hydrogen-bond donors (Lipinski definition) is 1. The van der Waals surface area contributed by atoms with E-state index in [2.05, 4.69) is 4.98 Å². The minimum Gasteiger partial charge on any atom is -0.494 e. The first-order valence-corrected chi connectivity index (χ1v) is 10.1. The Morgan fingerprint density at radius 1 is 1.31 bits per heavy atom. The summed E-state index contributed by atoms with van der Waals surface area (Å²) in [5.41, 5.74) is 1.77. The van der Waals surface area contributed by atoms with Gasteiger partial charge in [-0.3, -0.25) is 4.79 Å². The second kappa shape index (κ2) is 7.00. The highest BCUT2D eigenvalue weighted by atomic mass is 32.1. The van der Waals surface area contributed by atoms with Gasteiger partial charge >= 0.3 is 0 Å². The number of hydrogen-bond acceptors (Lipinski definition) is 5. The summed E-state index contributed by atoms with van der Waals surface area (Å²) >= 11 is 1.45. The van der Waals surface area contributed by atoms with Gasteiger partial charge in [-0.1, -0.05) is 0 Å². The van der Waals surface area contributed by atoms with Crippen molar-refractivity contribution >= 4 is 17.2 Å². The third-order valence-corrected chi connectivity index (χ3v) is 6.70. The van der Waals surface area contributed by atoms with Crippen LogP contribution >= 0.6 is 11.3 Å². The Balaban J connectivity index is 1.52. The number of benzene rings is 1. The number of aliphatic hydroxyl groups excluding tert-OH is 1. The molecule has 1 N–H and O–H groups in total. The molecule has 26 heavy (non-hydrogen) atoms. The molecule has 0 radical (unpaired) electrons. The van der Waals surface area contributed by atoms with E-state index in [1.54, 1.807) is 0 Å². The standard InChI is InChI=1S/C20H24N2O3S/c1-3-25-15-7-4-13(5-8-15)19-21-12(2)18(26-19)20(24)22-10-14-6-9-17(23)16(14)11-22/h4-5,7-8,14,16-17,23H,3,6,9-11H2,1-2H3. The van der Waals surface area contributed by atoms with E-state index < -0.39 is 0 Å². The van der Waals surface area contributed by atoms with Gasteiger partial charge in [-0.2, -0.15) is 0 Å². The van der Waals surface area contributed by atoms with Crippen LogP contribution in [0.2, 0.25) is 0 Å². The normalized spacial score (nSPS) is 24.7. The molecule has 1 saturated heterocycles. The van der Waals surface area contributed by atoms with Crippen molar-refractivity contribution in [2.45, 2.75) is 32.8 Å². The number of amides is 1. The van der Waals surface area contributed by atoms with Crippen molar-refractivity contribution in [1.29, 1.82) is 0 Å². The van der Waals surface area contributed by atoms with Crippen LogP contribution in [0.1, 0.15) is 35.1 Å². The van der Waals surface area contributed by atoms with Crippen LogP contribution in [0.3, 0.4) is 0 Å². The lowest BCUT2D eigenvalue weighted by atomic mass is 10.00. The Bertz CT molecular complexity index is 802. The van der Waals surface area contributed by atoms with Crippen molar-refractivity contribution in [2.24, 2.45) is 11.8 Å². The number of carbonyl (C=O) groups excluding carboxylic acids is 1. The fourth-order valence-electron chi connectivity index (χ4n) is 4.12. The van der Waals surface area contributed by atoms with Gasteiger partial charge in [0.1, 0.15) is 15.6 Å². The van der Waals surface area contributed by atoms with Gasteiger partial charge in [-0.25, -0.2) is 4.98 Å². The lowest BCUT2D eigenvalue weighted by Crippen LogP contribution is -2.30. The number of fused-ring (bicyclic) bond motifs is 1. The van der Waals surface area contributed by atoms with Crippen molar-refractivity contribution in [1.82, 2.24) is 9.88 Å². The molecular formula is C20H24N2O3S. The third kappa shape index (κ3) is 3.12. The smallest absolute Gasteiger partial charge is 0.265 e. The Kier molecular flexibility index (Phi) is 4.71. The second-order valence-electron chi connectivity index (χ2n) is 7.17. The van der Waals surface area contributed by atoms with Crippen LogP contribution in [0.15, 0.2) is 24.3 Å². The fraction of sp³-hybridized carbons (Fsp3) is 0.500. The topological polar surface area (TPSA) is 62.7 Å². The largest absolute Gasteiger partial charge is 0.494 e. The first-order valence-electron chi connectivity index (χ1n) is 9.24. The van der Waals surface area contributed by atoms with Crippen LogP contribution in [0.4, 0.5) is 0 Å². The van der Waals surface area contributed by atoms with E-state index in [9.17, 15) is 9.90 Å². The van der Waals surface area contributed by atoms with E-state index in [1.807, 2.05) is 43.0 Å². The summed E-state index contributed by atoms with van der Waals surface area (Å²) < 4.78 is 5.48. The number of rotatable bonds is 4. The summed E-state index contributed by atoms with van der Waals surface area (Å²) in [6, 6.07) is 7.82. The molecule has 5 nitrogen and oxygen atoms in total. The lowest BCUT2D eigenvalue weighted by molar-refractivity contribution is 0.0756. The number of aromatic nitrogens is 1. The zero-order chi connectivity index (χ0) is 18.3. The van der Waals surface area contributed by atoms with Crippen LogP contribution in [-0.4, -0.2) is 46.7 Å². The minimum absolute atomic E-state index is 0.0544. The molecule has 138 valence electrons. The molecule has 1 amide bonds. The van der Waals surface area contributed by atoms with E-state index >= 15 is 0 Å². The molecule has 1 saturated carbocycles. The molecule has 2 aromatic rings. The monoisotopic (exact) mass is 372 g/mol. The second-order valence-corrected chi connectivity index (χ2v) is 8.17. The average molecular weight is 372 g/mol. The SMILES string of the molecule is CCOc1ccc(-c2nc(C)c(C(=O)N3CC4CCC(O)C4C3)s2)cc1. The van der Waals surface area contributed by atoms with Crippen LogP contribution in [-0.2, 0) is 0 Å². The number of likely N-dealkylation sites (tertiary alicyclic amines) is 1. The van der Waals surface area contributed by atoms with Crippen molar-refractivity contribution in [3.63, 3.8) is 0 Å². The summed E-state index contributed by atoms with van der Waals surface area (Å²) in [5, 5.41) is 10.9. The predicted molar refractivity (Wildman–Crippen MR) is 102 cm³/mol. The van der Waals surface area contributed by atoms with Crippen LogP contribution in [0.25, 0.3) is 10.6 Å². The maximum atomic E-state index is 13.0. The first-order chi connectivity index (χ1) is 12.6. The highest BCUT2D eigenvalue weighted by Gasteiger charge is 2.43. The molecule has 3 atom stereocenters. The summed E-state index contributed by atoms with van der Waals surface area (Å²) in [6.07, 6.45) is 1.65. The number of ether oxygens (including phenoxy) is 1. The molecule has 0 bridgehead atoms. The van der Waals surface area contributed by atoms with Crippen molar-refractivity contribution in [2.75, 3.05) is 19.7 Å². The summed E-state index contributed by atoms with van der Waals surface area (Å²) in [5.74, 6) is 1.59. The van der Waals surface area contributed by atoms with Gasteiger partial charge in [0.15, 0.2) is 0 Å². The Labute approximate surface area is 157 Å². The lowest BCUT2D eigenvalue weighted by Gasteiger charge is -2.17. The Hall–Kier alpha value is -1.92. The molecule has 1 aliphatic heterocycles. The maximum absolute atomic E-state index is 13.0. The molecule has 3 unspecified atom stereocenters. The van der Waals surface area contributed by atoms with Crippen molar-refractivity contribution in [3.8, 4) is 16.3 Å². The Morgan fingerprint density at radius 3 is 2.77 bits per heavy atom. The summed E-state index contributed by atoms with van der Waals surface area (Å²) in [7, 11) is 0. The van der Waals surface area contributed by atoms with E-state index in [1.165, 1.54) is 11.3 Å². The molecule has 1 aliphatic carbocycles. The van der Waals surface area contributed by atoms with Gasteiger partial charge in [0, 0.05) is 24.6 Å². The molecule has 4 rings (SSSR count). The maximum Gasteiger partial charge on any atom is 0.265 e. The summed E-state index contributed by atoms with van der Waals surface area (Å²) in [6.45, 7) is 5.92. The van der Waals surface area contributed by atoms with Crippen molar-refractivity contribution in [3.05, 3.63) is 34.8 Å². The number of carbonyl (C=O) groups is 1. The third-order valence-electron chi connectivity index (χ3n) is 5.51.